The summed E-state index contributed by atoms with van der Waals surface area (Å²) in [4.78, 5) is 2.47. The molecule has 0 bridgehead atoms. The Balaban J connectivity index is 1.81. The lowest BCUT2D eigenvalue weighted by molar-refractivity contribution is 0.260. The average molecular weight is 252 g/mol. The number of halogens is 1. The smallest absolute Gasteiger partial charge is 0.127 e. The van der Waals surface area contributed by atoms with Crippen LogP contribution in [-0.2, 0) is 6.54 Å². The minimum atomic E-state index is -0.386. The van der Waals surface area contributed by atoms with Gasteiger partial charge in [-0.1, -0.05) is 6.92 Å². The second kappa shape index (κ2) is 6.16. The molecule has 0 spiro atoms. The Bertz CT molecular complexity index is 377. The Kier molecular flexibility index (Phi) is 4.55. The van der Waals surface area contributed by atoms with E-state index in [-0.39, 0.29) is 11.6 Å². The van der Waals surface area contributed by atoms with E-state index in [1.807, 2.05) is 0 Å². The predicted molar refractivity (Wildman–Crippen MR) is 70.0 cm³/mol. The fraction of sp³-hybridized carbons (Fsp3) is 0.571. The van der Waals surface area contributed by atoms with Crippen molar-refractivity contribution in [1.82, 2.24) is 10.2 Å². The van der Waals surface area contributed by atoms with Crippen molar-refractivity contribution in [3.8, 4) is 5.75 Å². The molecule has 1 aromatic rings. The van der Waals surface area contributed by atoms with Crippen LogP contribution in [0.2, 0.25) is 0 Å². The van der Waals surface area contributed by atoms with Gasteiger partial charge in [-0.3, -0.25) is 4.90 Å². The first-order valence-electron chi connectivity index (χ1n) is 6.62. The van der Waals surface area contributed by atoms with E-state index in [1.165, 1.54) is 25.5 Å². The molecule has 4 heteroatoms. The zero-order valence-electron chi connectivity index (χ0n) is 10.8. The van der Waals surface area contributed by atoms with Gasteiger partial charge in [0.25, 0.3) is 0 Å². The number of likely N-dealkylation sites (tertiary alicyclic amines) is 1. The molecule has 3 nitrogen and oxygen atoms in total. The van der Waals surface area contributed by atoms with Gasteiger partial charge >= 0.3 is 0 Å². The quantitative estimate of drug-likeness (QED) is 0.842. The maximum Gasteiger partial charge on any atom is 0.127 e. The molecule has 0 aliphatic carbocycles. The van der Waals surface area contributed by atoms with Crippen molar-refractivity contribution < 1.29 is 9.50 Å². The lowest BCUT2D eigenvalue weighted by Gasteiger charge is -2.23. The van der Waals surface area contributed by atoms with Gasteiger partial charge in [-0.05, 0) is 43.6 Å². The van der Waals surface area contributed by atoms with Gasteiger partial charge in [0.05, 0.1) is 0 Å². The van der Waals surface area contributed by atoms with Crippen LogP contribution in [-0.4, -0.2) is 35.7 Å². The van der Waals surface area contributed by atoms with Crippen LogP contribution < -0.4 is 5.32 Å². The van der Waals surface area contributed by atoms with Gasteiger partial charge in [0.2, 0.25) is 0 Å². The van der Waals surface area contributed by atoms with Crippen molar-refractivity contribution in [1.29, 1.82) is 0 Å². The molecule has 1 aliphatic heterocycles. The number of hydrogen-bond donors (Lipinski definition) is 2. The summed E-state index contributed by atoms with van der Waals surface area (Å²) in [6.07, 6.45) is 2.50. The molecule has 1 aliphatic rings. The Labute approximate surface area is 108 Å². The van der Waals surface area contributed by atoms with E-state index < -0.39 is 0 Å². The number of aromatic hydroxyl groups is 1. The van der Waals surface area contributed by atoms with Gasteiger partial charge in [-0.25, -0.2) is 4.39 Å². The second-order valence-electron chi connectivity index (χ2n) is 4.87. The molecule has 18 heavy (non-hydrogen) atoms. The summed E-state index contributed by atoms with van der Waals surface area (Å²) in [5.74, 6) is -0.397. The minimum absolute atomic E-state index is 0.0112. The molecule has 0 saturated carbocycles. The molecule has 0 radical (unpaired) electrons. The summed E-state index contributed by atoms with van der Waals surface area (Å²) >= 11 is 0. The van der Waals surface area contributed by atoms with Crippen molar-refractivity contribution >= 4 is 0 Å². The Morgan fingerprint density at radius 2 is 2.28 bits per heavy atom. The molecule has 2 N–H and O–H groups in total. The Morgan fingerprint density at radius 1 is 1.44 bits per heavy atom. The highest BCUT2D eigenvalue weighted by Gasteiger charge is 2.21. The monoisotopic (exact) mass is 252 g/mol. The van der Waals surface area contributed by atoms with E-state index in [9.17, 15) is 9.50 Å². The number of benzene rings is 1. The van der Waals surface area contributed by atoms with Gasteiger partial charge in [0.1, 0.15) is 11.6 Å². The molecule has 1 saturated heterocycles. The fourth-order valence-electron chi connectivity index (χ4n) is 2.66. The maximum absolute atomic E-state index is 13.1. The molecule has 1 heterocycles. The van der Waals surface area contributed by atoms with Crippen LogP contribution in [0.25, 0.3) is 0 Å². The van der Waals surface area contributed by atoms with Gasteiger partial charge in [-0.2, -0.15) is 0 Å². The molecule has 1 aromatic carbocycles. The minimum Gasteiger partial charge on any atom is -0.508 e. The summed E-state index contributed by atoms with van der Waals surface area (Å²) in [5, 5.41) is 12.7. The van der Waals surface area contributed by atoms with Crippen LogP contribution in [0.5, 0.6) is 5.75 Å². The first-order chi connectivity index (χ1) is 8.69. The molecule has 2 rings (SSSR count). The zero-order valence-corrected chi connectivity index (χ0v) is 10.8. The van der Waals surface area contributed by atoms with E-state index in [4.69, 9.17) is 0 Å². The molecular weight excluding hydrogens is 231 g/mol. The first kappa shape index (κ1) is 13.3. The Morgan fingerprint density at radius 3 is 3.00 bits per heavy atom. The third-order valence-electron chi connectivity index (χ3n) is 3.56. The summed E-state index contributed by atoms with van der Waals surface area (Å²) in [6.45, 7) is 5.98. The molecule has 1 unspecified atom stereocenters. The number of nitrogens with zero attached hydrogens (tertiary/aromatic N) is 1. The molecule has 1 fully saturated rings. The van der Waals surface area contributed by atoms with E-state index in [2.05, 4.69) is 17.1 Å². The lowest BCUT2D eigenvalue weighted by Crippen LogP contribution is -2.37. The largest absolute Gasteiger partial charge is 0.508 e. The standard InChI is InChI=1S/C14H21FN2O/c1-2-17-5-3-4-13(17)10-16-9-11-6-12(15)8-14(18)7-11/h6-8,13,16,18H,2-5,9-10H2,1H3. The predicted octanol–water partition coefficient (Wildman–Crippen LogP) is 2.11. The number of nitrogens with one attached hydrogen (secondary N) is 1. The van der Waals surface area contributed by atoms with E-state index in [0.717, 1.165) is 24.7 Å². The normalized spacial score (nSPS) is 20.4. The van der Waals surface area contributed by atoms with Gasteiger partial charge < -0.3 is 10.4 Å². The highest BCUT2D eigenvalue weighted by Crippen LogP contribution is 2.17. The topological polar surface area (TPSA) is 35.5 Å². The highest BCUT2D eigenvalue weighted by atomic mass is 19.1. The van der Waals surface area contributed by atoms with Crippen LogP contribution in [0, 0.1) is 5.82 Å². The van der Waals surface area contributed by atoms with E-state index in [1.54, 1.807) is 6.07 Å². The average Bonchev–Trinajstić information content (AvgIpc) is 2.75. The number of phenols is 1. The SMILES string of the molecule is CCN1CCCC1CNCc1cc(O)cc(F)c1. The van der Waals surface area contributed by atoms with Gasteiger partial charge in [-0.15, -0.1) is 0 Å². The van der Waals surface area contributed by atoms with Crippen LogP contribution in [0.1, 0.15) is 25.3 Å². The molecule has 0 amide bonds. The summed E-state index contributed by atoms with van der Waals surface area (Å²) in [6, 6.07) is 4.78. The molecular formula is C14H21FN2O. The first-order valence-corrected chi connectivity index (χ1v) is 6.62. The van der Waals surface area contributed by atoms with Gasteiger partial charge in [0.15, 0.2) is 0 Å². The summed E-state index contributed by atoms with van der Waals surface area (Å²) < 4.78 is 13.1. The van der Waals surface area contributed by atoms with Crippen molar-refractivity contribution in [3.05, 3.63) is 29.6 Å². The highest BCUT2D eigenvalue weighted by molar-refractivity contribution is 5.28. The Hall–Kier alpha value is -1.13. The molecule has 1 atom stereocenters. The molecule has 0 aromatic heterocycles. The maximum atomic E-state index is 13.1. The van der Waals surface area contributed by atoms with Crippen molar-refractivity contribution in [2.45, 2.75) is 32.4 Å². The van der Waals surface area contributed by atoms with E-state index >= 15 is 0 Å². The third kappa shape index (κ3) is 3.43. The van der Waals surface area contributed by atoms with Crippen molar-refractivity contribution in [3.63, 3.8) is 0 Å². The van der Waals surface area contributed by atoms with Crippen molar-refractivity contribution in [2.75, 3.05) is 19.6 Å². The molecule has 100 valence electrons. The van der Waals surface area contributed by atoms with Crippen LogP contribution in [0.3, 0.4) is 0 Å². The van der Waals surface area contributed by atoms with Crippen molar-refractivity contribution in [2.24, 2.45) is 0 Å². The number of hydrogen-bond acceptors (Lipinski definition) is 3. The summed E-state index contributed by atoms with van der Waals surface area (Å²) in [5.41, 5.74) is 0.786. The fourth-order valence-corrected chi connectivity index (χ4v) is 2.66. The van der Waals surface area contributed by atoms with E-state index in [0.29, 0.717) is 12.6 Å². The van der Waals surface area contributed by atoms with Crippen LogP contribution >= 0.6 is 0 Å². The third-order valence-corrected chi connectivity index (χ3v) is 3.56. The number of likely N-dealkylation sites (N-methyl/N-ethyl adjacent to an activating group) is 1. The number of rotatable bonds is 5. The number of phenolic OH excluding ortho intramolecular Hbond substituents is 1. The van der Waals surface area contributed by atoms with Gasteiger partial charge in [0, 0.05) is 25.2 Å². The summed E-state index contributed by atoms with van der Waals surface area (Å²) in [7, 11) is 0. The second-order valence-corrected chi connectivity index (χ2v) is 4.87. The lowest BCUT2D eigenvalue weighted by atomic mass is 10.2. The zero-order chi connectivity index (χ0) is 13.0. The van der Waals surface area contributed by atoms with Crippen LogP contribution in [0.15, 0.2) is 18.2 Å². The van der Waals surface area contributed by atoms with Crippen LogP contribution in [0.4, 0.5) is 4.39 Å².